The third-order valence-electron chi connectivity index (χ3n) is 6.10. The van der Waals surface area contributed by atoms with Crippen molar-refractivity contribution in [2.75, 3.05) is 12.4 Å². The number of nitrogens with zero attached hydrogens (tertiary/aromatic N) is 2. The van der Waals surface area contributed by atoms with E-state index in [1.54, 1.807) is 13.3 Å². The zero-order chi connectivity index (χ0) is 19.6. The van der Waals surface area contributed by atoms with Crippen molar-refractivity contribution in [3.8, 4) is 17.4 Å². The average molecular weight is 389 g/mol. The minimum absolute atomic E-state index is 0.548. The molecule has 2 heterocycles. The van der Waals surface area contributed by atoms with Crippen molar-refractivity contribution in [1.29, 1.82) is 0 Å². The maximum atomic E-state index is 6.02. The van der Waals surface area contributed by atoms with E-state index in [0.717, 1.165) is 23.7 Å². The van der Waals surface area contributed by atoms with E-state index in [0.29, 0.717) is 23.4 Å². The van der Waals surface area contributed by atoms with Crippen LogP contribution >= 0.6 is 0 Å². The van der Waals surface area contributed by atoms with Crippen LogP contribution in [0, 0.1) is 0 Å². The molecular weight excluding hydrogens is 362 g/mol. The molecule has 3 aromatic rings. The Morgan fingerprint density at radius 1 is 1.00 bits per heavy atom. The molecule has 5 rings (SSSR count). The van der Waals surface area contributed by atoms with Crippen molar-refractivity contribution in [3.05, 3.63) is 47.8 Å². The number of aromatic nitrogens is 2. The van der Waals surface area contributed by atoms with Gasteiger partial charge in [-0.05, 0) is 49.8 Å². The summed E-state index contributed by atoms with van der Waals surface area (Å²) in [6.45, 7) is 0. The summed E-state index contributed by atoms with van der Waals surface area (Å²) in [6, 6.07) is 10.2. The zero-order valence-corrected chi connectivity index (χ0v) is 16.9. The Hall–Kier alpha value is -2.82. The summed E-state index contributed by atoms with van der Waals surface area (Å²) in [7, 11) is 1.68. The third kappa shape index (κ3) is 3.61. The zero-order valence-electron chi connectivity index (χ0n) is 16.9. The lowest BCUT2D eigenvalue weighted by atomic mass is 9.94. The van der Waals surface area contributed by atoms with E-state index in [1.165, 1.54) is 55.5 Å². The summed E-state index contributed by atoms with van der Waals surface area (Å²) in [5, 5.41) is 5.02. The SMILES string of the molecule is COc1cc2c(NC3CCCCC3)c3c(nc2cc1Oc1ccccn1)CCC3. The van der Waals surface area contributed by atoms with Gasteiger partial charge in [-0.1, -0.05) is 25.3 Å². The Balaban J connectivity index is 1.59. The number of ether oxygens (including phenoxy) is 2. The third-order valence-corrected chi connectivity index (χ3v) is 6.10. The molecule has 0 aliphatic heterocycles. The van der Waals surface area contributed by atoms with Crippen LogP contribution in [0.25, 0.3) is 10.9 Å². The second-order valence-corrected chi connectivity index (χ2v) is 8.04. The molecule has 0 unspecified atom stereocenters. The first-order chi connectivity index (χ1) is 14.3. The molecule has 0 amide bonds. The molecule has 1 N–H and O–H groups in total. The Bertz CT molecular complexity index is 1010. The van der Waals surface area contributed by atoms with Gasteiger partial charge in [-0.25, -0.2) is 4.98 Å². The number of rotatable bonds is 5. The van der Waals surface area contributed by atoms with E-state index in [9.17, 15) is 0 Å². The summed E-state index contributed by atoms with van der Waals surface area (Å²) in [5.74, 6) is 1.90. The fourth-order valence-corrected chi connectivity index (χ4v) is 4.65. The molecule has 2 aliphatic rings. The number of pyridine rings is 2. The minimum atomic E-state index is 0.548. The molecule has 29 heavy (non-hydrogen) atoms. The van der Waals surface area contributed by atoms with Gasteiger partial charge in [-0.15, -0.1) is 0 Å². The van der Waals surface area contributed by atoms with Gasteiger partial charge in [0.1, 0.15) is 0 Å². The van der Waals surface area contributed by atoms with E-state index >= 15 is 0 Å². The molecule has 0 radical (unpaired) electrons. The monoisotopic (exact) mass is 389 g/mol. The van der Waals surface area contributed by atoms with Crippen LogP contribution in [-0.2, 0) is 12.8 Å². The van der Waals surface area contributed by atoms with Crippen LogP contribution in [-0.4, -0.2) is 23.1 Å². The molecular formula is C24H27N3O2. The number of hydrogen-bond acceptors (Lipinski definition) is 5. The van der Waals surface area contributed by atoms with Crippen LogP contribution in [0.1, 0.15) is 49.8 Å². The number of benzene rings is 1. The normalized spacial score (nSPS) is 16.6. The first-order valence-electron chi connectivity index (χ1n) is 10.7. The molecule has 1 saturated carbocycles. The fraction of sp³-hybridized carbons (Fsp3) is 0.417. The maximum absolute atomic E-state index is 6.02. The quantitative estimate of drug-likeness (QED) is 0.610. The number of fused-ring (bicyclic) bond motifs is 2. The number of methoxy groups -OCH3 is 1. The fourth-order valence-electron chi connectivity index (χ4n) is 4.65. The first-order valence-corrected chi connectivity index (χ1v) is 10.7. The van der Waals surface area contributed by atoms with Gasteiger partial charge in [0.15, 0.2) is 11.5 Å². The van der Waals surface area contributed by atoms with E-state index in [4.69, 9.17) is 14.5 Å². The van der Waals surface area contributed by atoms with Gasteiger partial charge in [0, 0.05) is 41.1 Å². The Labute approximate surface area is 171 Å². The second kappa shape index (κ2) is 7.90. The van der Waals surface area contributed by atoms with E-state index < -0.39 is 0 Å². The van der Waals surface area contributed by atoms with Crippen molar-refractivity contribution < 1.29 is 9.47 Å². The predicted molar refractivity (Wildman–Crippen MR) is 115 cm³/mol. The maximum Gasteiger partial charge on any atom is 0.219 e. The van der Waals surface area contributed by atoms with Crippen molar-refractivity contribution in [3.63, 3.8) is 0 Å². The minimum Gasteiger partial charge on any atom is -0.493 e. The Morgan fingerprint density at radius 2 is 1.90 bits per heavy atom. The molecule has 1 aromatic carbocycles. The standard InChI is InChI=1S/C24H27N3O2/c1-28-21-14-18-20(15-22(21)29-23-12-5-6-13-25-23)27-19-11-7-10-17(19)24(18)26-16-8-3-2-4-9-16/h5-6,12-16H,2-4,7-11H2,1H3,(H,26,27). The molecule has 0 spiro atoms. The lowest BCUT2D eigenvalue weighted by Crippen LogP contribution is -2.23. The van der Waals surface area contributed by atoms with Crippen LogP contribution in [0.15, 0.2) is 36.5 Å². The van der Waals surface area contributed by atoms with Crippen LogP contribution in [0.5, 0.6) is 17.4 Å². The van der Waals surface area contributed by atoms with Gasteiger partial charge in [0.2, 0.25) is 5.88 Å². The smallest absolute Gasteiger partial charge is 0.219 e. The Morgan fingerprint density at radius 3 is 2.69 bits per heavy atom. The van der Waals surface area contributed by atoms with Gasteiger partial charge in [-0.2, -0.15) is 0 Å². The predicted octanol–water partition coefficient (Wildman–Crippen LogP) is 5.66. The van der Waals surface area contributed by atoms with Gasteiger partial charge < -0.3 is 14.8 Å². The number of nitrogens with one attached hydrogen (secondary N) is 1. The van der Waals surface area contributed by atoms with Gasteiger partial charge >= 0.3 is 0 Å². The summed E-state index contributed by atoms with van der Waals surface area (Å²) < 4.78 is 11.7. The van der Waals surface area contributed by atoms with Crippen molar-refractivity contribution >= 4 is 16.6 Å². The van der Waals surface area contributed by atoms with Gasteiger partial charge in [0.25, 0.3) is 0 Å². The lowest BCUT2D eigenvalue weighted by Gasteiger charge is -2.26. The molecule has 2 aliphatic carbocycles. The number of anilines is 1. The second-order valence-electron chi connectivity index (χ2n) is 8.04. The van der Waals surface area contributed by atoms with Crippen molar-refractivity contribution in [1.82, 2.24) is 9.97 Å². The molecule has 150 valence electrons. The summed E-state index contributed by atoms with van der Waals surface area (Å²) in [6.07, 6.45) is 11.5. The van der Waals surface area contributed by atoms with Gasteiger partial charge in [0.05, 0.1) is 12.6 Å². The van der Waals surface area contributed by atoms with Crippen LogP contribution in [0.4, 0.5) is 5.69 Å². The van der Waals surface area contributed by atoms with Gasteiger partial charge in [-0.3, -0.25) is 4.98 Å². The molecule has 0 bridgehead atoms. The van der Waals surface area contributed by atoms with Crippen LogP contribution in [0.2, 0.25) is 0 Å². The largest absolute Gasteiger partial charge is 0.493 e. The first kappa shape index (κ1) is 18.2. The molecule has 5 nitrogen and oxygen atoms in total. The lowest BCUT2D eigenvalue weighted by molar-refractivity contribution is 0.375. The molecule has 5 heteroatoms. The molecule has 0 atom stereocenters. The van der Waals surface area contributed by atoms with E-state index in [2.05, 4.69) is 16.4 Å². The highest BCUT2D eigenvalue weighted by atomic mass is 16.5. The number of hydrogen-bond donors (Lipinski definition) is 1. The molecule has 0 saturated heterocycles. The highest BCUT2D eigenvalue weighted by Crippen LogP contribution is 2.41. The van der Waals surface area contributed by atoms with E-state index in [-0.39, 0.29) is 0 Å². The topological polar surface area (TPSA) is 56.3 Å². The molecule has 1 fully saturated rings. The van der Waals surface area contributed by atoms with E-state index in [1.807, 2.05) is 24.3 Å². The highest BCUT2D eigenvalue weighted by molar-refractivity contribution is 5.96. The number of aryl methyl sites for hydroxylation is 1. The summed E-state index contributed by atoms with van der Waals surface area (Å²) in [5.41, 5.74) is 4.83. The average Bonchev–Trinajstić information content (AvgIpc) is 3.23. The van der Waals surface area contributed by atoms with Crippen LogP contribution in [0.3, 0.4) is 0 Å². The molecule has 2 aromatic heterocycles. The van der Waals surface area contributed by atoms with Crippen molar-refractivity contribution in [2.45, 2.75) is 57.4 Å². The summed E-state index contributed by atoms with van der Waals surface area (Å²) in [4.78, 5) is 9.26. The highest BCUT2D eigenvalue weighted by Gasteiger charge is 2.24. The van der Waals surface area contributed by atoms with Crippen molar-refractivity contribution in [2.24, 2.45) is 0 Å². The van der Waals surface area contributed by atoms with Crippen LogP contribution < -0.4 is 14.8 Å². The summed E-state index contributed by atoms with van der Waals surface area (Å²) >= 11 is 0. The Kier molecular flexibility index (Phi) is 4.96.